The standard InChI is InChI=1S/C11H13F3N2O2S2/c1-20(17,18)5-4-16-7-2-3-8(10(15)19)9(6-7)11(12,13)14/h2-3,6,16H,4-5H2,1H3,(H2,15,19). The first kappa shape index (κ1) is 16.7. The van der Waals surface area contributed by atoms with Crippen molar-refractivity contribution in [3.63, 3.8) is 0 Å². The quantitative estimate of drug-likeness (QED) is 0.807. The summed E-state index contributed by atoms with van der Waals surface area (Å²) in [6.07, 6.45) is -3.54. The topological polar surface area (TPSA) is 72.2 Å². The van der Waals surface area contributed by atoms with Gasteiger partial charge in [-0.2, -0.15) is 13.2 Å². The molecule has 0 fully saturated rings. The summed E-state index contributed by atoms with van der Waals surface area (Å²) < 4.78 is 60.5. The zero-order valence-corrected chi connectivity index (χ0v) is 12.1. The van der Waals surface area contributed by atoms with Gasteiger partial charge in [0.25, 0.3) is 0 Å². The summed E-state index contributed by atoms with van der Waals surface area (Å²) in [4.78, 5) is -0.347. The molecule has 112 valence electrons. The van der Waals surface area contributed by atoms with Crippen molar-refractivity contribution in [2.75, 3.05) is 23.9 Å². The van der Waals surface area contributed by atoms with Crippen molar-refractivity contribution < 1.29 is 21.6 Å². The monoisotopic (exact) mass is 326 g/mol. The molecule has 3 N–H and O–H groups in total. The molecule has 0 radical (unpaired) electrons. The van der Waals surface area contributed by atoms with Crippen LogP contribution in [0.3, 0.4) is 0 Å². The third kappa shape index (κ3) is 4.97. The van der Waals surface area contributed by atoms with Gasteiger partial charge in [0, 0.05) is 24.1 Å². The van der Waals surface area contributed by atoms with Crippen LogP contribution in [-0.2, 0) is 16.0 Å². The van der Waals surface area contributed by atoms with Crippen LogP contribution in [0.1, 0.15) is 11.1 Å². The predicted octanol–water partition coefficient (Wildman–Crippen LogP) is 1.80. The smallest absolute Gasteiger partial charge is 0.389 e. The summed E-state index contributed by atoms with van der Waals surface area (Å²) in [7, 11) is -3.18. The van der Waals surface area contributed by atoms with E-state index in [1.54, 1.807) is 0 Å². The second kappa shape index (κ2) is 5.96. The number of nitrogens with one attached hydrogen (secondary N) is 1. The lowest BCUT2D eigenvalue weighted by molar-refractivity contribution is -0.137. The Morgan fingerprint density at radius 1 is 1.40 bits per heavy atom. The highest BCUT2D eigenvalue weighted by molar-refractivity contribution is 7.90. The van der Waals surface area contributed by atoms with Crippen LogP contribution >= 0.6 is 12.2 Å². The molecular formula is C11H13F3N2O2S2. The second-order valence-electron chi connectivity index (χ2n) is 4.18. The molecule has 0 atom stereocenters. The molecule has 1 aromatic carbocycles. The van der Waals surface area contributed by atoms with E-state index in [9.17, 15) is 21.6 Å². The minimum Gasteiger partial charge on any atom is -0.389 e. The Labute approximate surface area is 120 Å². The number of hydrogen-bond donors (Lipinski definition) is 2. The Balaban J connectivity index is 2.99. The number of sulfone groups is 1. The lowest BCUT2D eigenvalue weighted by Crippen LogP contribution is -2.19. The first-order chi connectivity index (χ1) is 9.00. The van der Waals surface area contributed by atoms with Crippen molar-refractivity contribution in [1.29, 1.82) is 0 Å². The minimum atomic E-state index is -4.59. The normalized spacial score (nSPS) is 12.2. The van der Waals surface area contributed by atoms with E-state index in [0.29, 0.717) is 0 Å². The maximum absolute atomic E-state index is 12.9. The molecule has 0 heterocycles. The van der Waals surface area contributed by atoms with Crippen LogP contribution < -0.4 is 11.1 Å². The Bertz CT molecular complexity index is 613. The molecule has 0 bridgehead atoms. The molecule has 0 amide bonds. The van der Waals surface area contributed by atoms with Gasteiger partial charge in [0.05, 0.1) is 11.3 Å². The summed E-state index contributed by atoms with van der Waals surface area (Å²) in [5.41, 5.74) is 4.19. The molecule has 4 nitrogen and oxygen atoms in total. The van der Waals surface area contributed by atoms with Crippen molar-refractivity contribution in [2.24, 2.45) is 5.73 Å². The highest BCUT2D eigenvalue weighted by Gasteiger charge is 2.34. The molecule has 0 aromatic heterocycles. The van der Waals surface area contributed by atoms with Crippen LogP contribution in [0.15, 0.2) is 18.2 Å². The zero-order valence-electron chi connectivity index (χ0n) is 10.5. The lowest BCUT2D eigenvalue weighted by Gasteiger charge is -2.14. The van der Waals surface area contributed by atoms with E-state index in [1.165, 1.54) is 6.07 Å². The van der Waals surface area contributed by atoms with Crippen LogP contribution in [-0.4, -0.2) is 32.0 Å². The van der Waals surface area contributed by atoms with Gasteiger partial charge in [-0.25, -0.2) is 8.42 Å². The Kier molecular flexibility index (Phi) is 4.98. The minimum absolute atomic E-state index is 0.0164. The predicted molar refractivity (Wildman–Crippen MR) is 75.5 cm³/mol. The van der Waals surface area contributed by atoms with E-state index < -0.39 is 21.6 Å². The SMILES string of the molecule is CS(=O)(=O)CCNc1ccc(C(N)=S)c(C(F)(F)F)c1. The molecule has 0 aliphatic rings. The average Bonchev–Trinajstić information content (AvgIpc) is 2.25. The Morgan fingerprint density at radius 3 is 2.45 bits per heavy atom. The largest absolute Gasteiger partial charge is 0.417 e. The number of anilines is 1. The van der Waals surface area contributed by atoms with Crippen LogP contribution in [0.2, 0.25) is 0 Å². The molecule has 0 unspecified atom stereocenters. The van der Waals surface area contributed by atoms with Crippen LogP contribution in [0.25, 0.3) is 0 Å². The number of rotatable bonds is 5. The van der Waals surface area contributed by atoms with Gasteiger partial charge in [-0.05, 0) is 18.2 Å². The molecule has 9 heteroatoms. The average molecular weight is 326 g/mol. The maximum Gasteiger partial charge on any atom is 0.417 e. The number of halogens is 3. The summed E-state index contributed by atoms with van der Waals surface area (Å²) in [5.74, 6) is -0.175. The van der Waals surface area contributed by atoms with E-state index in [4.69, 9.17) is 5.73 Å². The first-order valence-electron chi connectivity index (χ1n) is 5.43. The van der Waals surface area contributed by atoms with Crippen molar-refractivity contribution in [3.8, 4) is 0 Å². The molecule has 20 heavy (non-hydrogen) atoms. The van der Waals surface area contributed by atoms with Gasteiger partial charge in [-0.15, -0.1) is 0 Å². The lowest BCUT2D eigenvalue weighted by atomic mass is 10.1. The highest BCUT2D eigenvalue weighted by Crippen LogP contribution is 2.33. The number of benzene rings is 1. The number of hydrogen-bond acceptors (Lipinski definition) is 4. The second-order valence-corrected chi connectivity index (χ2v) is 6.88. The highest BCUT2D eigenvalue weighted by atomic mass is 32.2. The summed E-state index contributed by atoms with van der Waals surface area (Å²) in [5, 5.41) is 2.62. The van der Waals surface area contributed by atoms with E-state index in [2.05, 4.69) is 17.5 Å². The fraction of sp³-hybridized carbons (Fsp3) is 0.364. The number of alkyl halides is 3. The summed E-state index contributed by atoms with van der Waals surface area (Å²) >= 11 is 4.58. The fourth-order valence-electron chi connectivity index (χ4n) is 1.48. The van der Waals surface area contributed by atoms with Crippen molar-refractivity contribution in [3.05, 3.63) is 29.3 Å². The number of thiocarbonyl (C=S) groups is 1. The summed E-state index contributed by atoms with van der Waals surface area (Å²) in [6.45, 7) is 0.0164. The van der Waals surface area contributed by atoms with Crippen molar-refractivity contribution in [1.82, 2.24) is 0 Å². The molecule has 1 aromatic rings. The number of nitrogens with two attached hydrogens (primary N) is 1. The molecule has 0 saturated carbocycles. The third-order valence-corrected chi connectivity index (χ3v) is 3.56. The Morgan fingerprint density at radius 2 is 2.00 bits per heavy atom. The van der Waals surface area contributed by atoms with Gasteiger partial charge in [0.15, 0.2) is 0 Å². The van der Waals surface area contributed by atoms with Crippen LogP contribution in [0, 0.1) is 0 Å². The first-order valence-corrected chi connectivity index (χ1v) is 7.90. The Hall–Kier alpha value is -1.35. The molecule has 1 rings (SSSR count). The van der Waals surface area contributed by atoms with Crippen LogP contribution in [0.4, 0.5) is 18.9 Å². The van der Waals surface area contributed by atoms with Crippen LogP contribution in [0.5, 0.6) is 0 Å². The fourth-order valence-corrected chi connectivity index (χ4v) is 2.14. The molecule has 0 saturated heterocycles. The van der Waals surface area contributed by atoms with Gasteiger partial charge < -0.3 is 11.1 Å². The molecule has 0 aliphatic carbocycles. The van der Waals surface area contributed by atoms with E-state index in [0.717, 1.165) is 18.4 Å². The molecule has 0 aliphatic heterocycles. The van der Waals surface area contributed by atoms with Crippen molar-refractivity contribution in [2.45, 2.75) is 6.18 Å². The third-order valence-electron chi connectivity index (χ3n) is 2.39. The summed E-state index contributed by atoms with van der Waals surface area (Å²) in [6, 6.07) is 3.39. The van der Waals surface area contributed by atoms with Gasteiger partial charge in [-0.3, -0.25) is 0 Å². The molecule has 0 spiro atoms. The van der Waals surface area contributed by atoms with Gasteiger partial charge in [0.2, 0.25) is 0 Å². The van der Waals surface area contributed by atoms with Crippen molar-refractivity contribution >= 4 is 32.7 Å². The zero-order chi connectivity index (χ0) is 15.6. The maximum atomic E-state index is 12.9. The van der Waals surface area contributed by atoms with Gasteiger partial charge >= 0.3 is 6.18 Å². The van der Waals surface area contributed by atoms with E-state index in [1.807, 2.05) is 0 Å². The van der Waals surface area contributed by atoms with E-state index >= 15 is 0 Å². The van der Waals surface area contributed by atoms with E-state index in [-0.39, 0.29) is 28.5 Å². The van der Waals surface area contributed by atoms with Gasteiger partial charge in [-0.1, -0.05) is 12.2 Å². The molecular weight excluding hydrogens is 313 g/mol. The van der Waals surface area contributed by atoms with Gasteiger partial charge in [0.1, 0.15) is 14.8 Å².